The van der Waals surface area contributed by atoms with Gasteiger partial charge in [-0.1, -0.05) is 18.2 Å². The Bertz CT molecular complexity index is 1110. The molecule has 0 aliphatic carbocycles. The maximum absolute atomic E-state index is 12.0. The summed E-state index contributed by atoms with van der Waals surface area (Å²) in [5.41, 5.74) is 5.60. The molecule has 6 nitrogen and oxygen atoms in total. The number of nitrogens with zero attached hydrogens (tertiary/aromatic N) is 5. The molecular weight excluding hydrogens is 362 g/mol. The van der Waals surface area contributed by atoms with E-state index in [1.165, 1.54) is 24.0 Å². The molecule has 29 heavy (non-hydrogen) atoms. The van der Waals surface area contributed by atoms with Gasteiger partial charge in [0.1, 0.15) is 0 Å². The van der Waals surface area contributed by atoms with Crippen LogP contribution in [0.4, 0.5) is 0 Å². The fourth-order valence-electron chi connectivity index (χ4n) is 4.41. The van der Waals surface area contributed by atoms with E-state index in [4.69, 9.17) is 4.98 Å². The Kier molecular flexibility index (Phi) is 4.72. The molecule has 0 saturated carbocycles. The predicted octanol–water partition coefficient (Wildman–Crippen LogP) is 3.62. The molecule has 0 amide bonds. The van der Waals surface area contributed by atoms with Crippen molar-refractivity contribution in [1.29, 1.82) is 0 Å². The number of aromatic nitrogens is 3. The Labute approximate surface area is 170 Å². The number of carbonyl (C=O) groups excluding carboxylic acids is 1. The van der Waals surface area contributed by atoms with E-state index >= 15 is 0 Å². The summed E-state index contributed by atoms with van der Waals surface area (Å²) in [7, 11) is 0. The highest BCUT2D eigenvalue weighted by atomic mass is 16.1. The first-order valence-electron chi connectivity index (χ1n) is 10.4. The van der Waals surface area contributed by atoms with Gasteiger partial charge in [-0.15, -0.1) is 0 Å². The van der Waals surface area contributed by atoms with Crippen LogP contribution >= 0.6 is 0 Å². The third-order valence-electron chi connectivity index (χ3n) is 5.92. The zero-order valence-electron chi connectivity index (χ0n) is 16.8. The van der Waals surface area contributed by atoms with Crippen molar-refractivity contribution < 1.29 is 4.79 Å². The minimum atomic E-state index is 0.0444. The summed E-state index contributed by atoms with van der Waals surface area (Å²) < 4.78 is 1.75. The van der Waals surface area contributed by atoms with Gasteiger partial charge in [-0.25, -0.2) is 9.97 Å². The molecular formula is C23H25N5O. The summed E-state index contributed by atoms with van der Waals surface area (Å²) in [6.45, 7) is 5.11. The summed E-state index contributed by atoms with van der Waals surface area (Å²) in [5, 5.41) is 1.15. The van der Waals surface area contributed by atoms with E-state index in [-0.39, 0.29) is 5.91 Å². The highest BCUT2D eigenvalue weighted by Gasteiger charge is 2.22. The Hall–Kier alpha value is -2.86. The van der Waals surface area contributed by atoms with Gasteiger partial charge in [0.05, 0.1) is 16.9 Å². The van der Waals surface area contributed by atoms with Crippen LogP contribution in [0.15, 0.2) is 41.7 Å². The summed E-state index contributed by atoms with van der Waals surface area (Å²) in [6.07, 6.45) is 8.24. The molecule has 0 spiro atoms. The molecule has 6 heteroatoms. The van der Waals surface area contributed by atoms with Crippen molar-refractivity contribution in [1.82, 2.24) is 19.4 Å². The number of fused-ring (bicyclic) bond motifs is 2. The van der Waals surface area contributed by atoms with Crippen molar-refractivity contribution in [3.05, 3.63) is 59.3 Å². The molecule has 0 saturated heterocycles. The lowest BCUT2D eigenvalue weighted by atomic mass is 10.0. The Morgan fingerprint density at radius 1 is 1.17 bits per heavy atom. The quantitative estimate of drug-likeness (QED) is 0.689. The van der Waals surface area contributed by atoms with Gasteiger partial charge in [-0.05, 0) is 30.9 Å². The molecule has 148 valence electrons. The number of rotatable bonds is 3. The molecule has 5 rings (SSSR count). The smallest absolute Gasteiger partial charge is 0.227 e. The number of benzene rings is 1. The van der Waals surface area contributed by atoms with Gasteiger partial charge in [-0.3, -0.25) is 19.3 Å². The van der Waals surface area contributed by atoms with Crippen molar-refractivity contribution >= 4 is 22.5 Å². The van der Waals surface area contributed by atoms with Crippen molar-refractivity contribution in [2.45, 2.75) is 45.7 Å². The second-order valence-corrected chi connectivity index (χ2v) is 7.97. The van der Waals surface area contributed by atoms with Crippen LogP contribution in [0.5, 0.6) is 0 Å². The van der Waals surface area contributed by atoms with E-state index in [2.05, 4.69) is 20.9 Å². The lowest BCUT2D eigenvalue weighted by Crippen LogP contribution is -2.31. The summed E-state index contributed by atoms with van der Waals surface area (Å²) in [5.74, 6) is 0.865. The standard InChI is InChI=1S/C23H25N5O/c1-16(29)28-15-18(19-6-2-3-8-22(19)28)14-27-11-9-20-17(13-27)12-25-23(26-20)21-7-4-5-10-24-21/h2-3,6,8,12,15H,4-5,7,9-11,13-14H2,1H3. The fraction of sp³-hybridized carbons (Fsp3) is 0.391. The monoisotopic (exact) mass is 387 g/mol. The second-order valence-electron chi connectivity index (χ2n) is 7.97. The van der Waals surface area contributed by atoms with E-state index < -0.39 is 0 Å². The molecule has 0 radical (unpaired) electrons. The third kappa shape index (κ3) is 3.49. The van der Waals surface area contributed by atoms with Crippen molar-refractivity contribution in [2.24, 2.45) is 4.99 Å². The molecule has 2 aliphatic rings. The first-order valence-corrected chi connectivity index (χ1v) is 10.4. The van der Waals surface area contributed by atoms with Crippen molar-refractivity contribution in [3.63, 3.8) is 0 Å². The van der Waals surface area contributed by atoms with Crippen LogP contribution in [0.1, 0.15) is 53.6 Å². The zero-order chi connectivity index (χ0) is 19.8. The number of carbonyl (C=O) groups is 1. The predicted molar refractivity (Wildman–Crippen MR) is 113 cm³/mol. The molecule has 0 unspecified atom stereocenters. The molecule has 3 aromatic rings. The van der Waals surface area contributed by atoms with E-state index in [9.17, 15) is 4.79 Å². The maximum Gasteiger partial charge on any atom is 0.227 e. The van der Waals surface area contributed by atoms with Crippen LogP contribution in [0.3, 0.4) is 0 Å². The van der Waals surface area contributed by atoms with Crippen LogP contribution in [0.25, 0.3) is 10.9 Å². The van der Waals surface area contributed by atoms with E-state index in [0.29, 0.717) is 0 Å². The molecule has 0 bridgehead atoms. The van der Waals surface area contributed by atoms with E-state index in [1.807, 2.05) is 30.6 Å². The van der Waals surface area contributed by atoms with Gasteiger partial charge >= 0.3 is 0 Å². The average molecular weight is 387 g/mol. The molecule has 1 aromatic carbocycles. The van der Waals surface area contributed by atoms with Gasteiger partial charge in [0.2, 0.25) is 5.91 Å². The second kappa shape index (κ2) is 7.52. The minimum absolute atomic E-state index is 0.0444. The average Bonchev–Trinajstić information content (AvgIpc) is 3.13. The Morgan fingerprint density at radius 3 is 2.90 bits per heavy atom. The topological polar surface area (TPSA) is 63.4 Å². The SMILES string of the molecule is CC(=O)n1cc(CN2CCc3nc(C4=NCCCC4)ncc3C2)c2ccccc21. The largest absolute Gasteiger partial charge is 0.294 e. The molecule has 0 atom stereocenters. The molecule has 4 heterocycles. The first kappa shape index (κ1) is 18.2. The number of hydrogen-bond acceptors (Lipinski definition) is 5. The van der Waals surface area contributed by atoms with Gasteiger partial charge in [0.15, 0.2) is 5.82 Å². The minimum Gasteiger partial charge on any atom is -0.294 e. The number of hydrogen-bond donors (Lipinski definition) is 0. The van der Waals surface area contributed by atoms with Crippen LogP contribution < -0.4 is 0 Å². The summed E-state index contributed by atoms with van der Waals surface area (Å²) >= 11 is 0. The van der Waals surface area contributed by atoms with E-state index in [0.717, 1.165) is 67.2 Å². The molecule has 0 N–H and O–H groups in total. The van der Waals surface area contributed by atoms with E-state index in [1.54, 1.807) is 11.5 Å². The molecule has 2 aromatic heterocycles. The van der Waals surface area contributed by atoms with Gasteiger partial charge in [-0.2, -0.15) is 0 Å². The molecule has 0 fully saturated rings. The summed E-state index contributed by atoms with van der Waals surface area (Å²) in [6, 6.07) is 8.12. The van der Waals surface area contributed by atoms with Gasteiger partial charge < -0.3 is 0 Å². The first-order chi connectivity index (χ1) is 14.2. The van der Waals surface area contributed by atoms with Gasteiger partial charge in [0.25, 0.3) is 0 Å². The lowest BCUT2D eigenvalue weighted by molar-refractivity contribution is 0.0941. The van der Waals surface area contributed by atoms with Crippen LogP contribution in [-0.2, 0) is 19.5 Å². The van der Waals surface area contributed by atoms with Gasteiger partial charge in [0, 0.05) is 62.9 Å². The molecule has 2 aliphatic heterocycles. The van der Waals surface area contributed by atoms with Crippen LogP contribution in [0, 0.1) is 0 Å². The Morgan fingerprint density at radius 2 is 2.07 bits per heavy atom. The highest BCUT2D eigenvalue weighted by Crippen LogP contribution is 2.25. The van der Waals surface area contributed by atoms with Crippen LogP contribution in [0.2, 0.25) is 0 Å². The van der Waals surface area contributed by atoms with Crippen molar-refractivity contribution in [3.8, 4) is 0 Å². The highest BCUT2D eigenvalue weighted by molar-refractivity contribution is 5.97. The normalized spacial score (nSPS) is 17.2. The third-order valence-corrected chi connectivity index (χ3v) is 5.92. The van der Waals surface area contributed by atoms with Crippen LogP contribution in [-0.4, -0.2) is 44.1 Å². The Balaban J connectivity index is 1.37. The fourth-order valence-corrected chi connectivity index (χ4v) is 4.41. The zero-order valence-corrected chi connectivity index (χ0v) is 16.8. The summed E-state index contributed by atoms with van der Waals surface area (Å²) in [4.78, 5) is 28.5. The number of para-hydroxylation sites is 1. The lowest BCUT2D eigenvalue weighted by Gasteiger charge is -2.28. The maximum atomic E-state index is 12.0. The number of aliphatic imine (C=N–C) groups is 1. The van der Waals surface area contributed by atoms with Crippen molar-refractivity contribution in [2.75, 3.05) is 13.1 Å².